The van der Waals surface area contributed by atoms with Crippen molar-refractivity contribution in [3.8, 4) is 5.75 Å². The lowest BCUT2D eigenvalue weighted by atomic mass is 9.83. The van der Waals surface area contributed by atoms with E-state index in [1.54, 1.807) is 0 Å². The van der Waals surface area contributed by atoms with Crippen LogP contribution in [0.4, 0.5) is 8.78 Å². The molecular formula is C14H19F2NO. The molecular weight excluding hydrogens is 236 g/mol. The van der Waals surface area contributed by atoms with Crippen LogP contribution in [0.5, 0.6) is 5.75 Å². The Morgan fingerprint density at radius 1 is 1.33 bits per heavy atom. The summed E-state index contributed by atoms with van der Waals surface area (Å²) in [5.41, 5.74) is 6.00. The molecule has 3 unspecified atom stereocenters. The normalized spacial score (nSPS) is 28.1. The van der Waals surface area contributed by atoms with Gasteiger partial charge in [0.15, 0.2) is 11.6 Å². The summed E-state index contributed by atoms with van der Waals surface area (Å²) in [5, 5.41) is 0. The minimum absolute atomic E-state index is 0.0720. The highest BCUT2D eigenvalue weighted by Crippen LogP contribution is 2.30. The number of halogens is 2. The molecule has 0 amide bonds. The zero-order valence-electron chi connectivity index (χ0n) is 10.5. The van der Waals surface area contributed by atoms with Crippen molar-refractivity contribution in [2.24, 2.45) is 11.7 Å². The van der Waals surface area contributed by atoms with Gasteiger partial charge in [-0.15, -0.1) is 0 Å². The molecule has 1 saturated carbocycles. The second-order valence-electron chi connectivity index (χ2n) is 4.98. The number of hydrogen-bond donors (Lipinski definition) is 1. The van der Waals surface area contributed by atoms with Crippen LogP contribution in [-0.2, 0) is 0 Å². The van der Waals surface area contributed by atoms with Gasteiger partial charge in [-0.1, -0.05) is 13.3 Å². The van der Waals surface area contributed by atoms with Gasteiger partial charge in [0, 0.05) is 12.1 Å². The zero-order valence-corrected chi connectivity index (χ0v) is 10.5. The maximum absolute atomic E-state index is 13.5. The standard InChI is InChI=1S/C14H19F2NO/c1-2-9-3-5-12(17)14(7-9)18-13-6-4-10(15)8-11(13)16/h4,6,8-9,12,14H,2-3,5,7,17H2,1H3. The highest BCUT2D eigenvalue weighted by atomic mass is 19.1. The lowest BCUT2D eigenvalue weighted by Crippen LogP contribution is -2.43. The number of nitrogens with two attached hydrogens (primary N) is 1. The monoisotopic (exact) mass is 255 g/mol. The molecule has 0 spiro atoms. The summed E-state index contributed by atoms with van der Waals surface area (Å²) in [6.07, 6.45) is 3.74. The summed E-state index contributed by atoms with van der Waals surface area (Å²) < 4.78 is 31.9. The highest BCUT2D eigenvalue weighted by Gasteiger charge is 2.29. The molecule has 0 aromatic heterocycles. The van der Waals surface area contributed by atoms with Gasteiger partial charge >= 0.3 is 0 Å². The molecule has 0 heterocycles. The molecule has 1 aromatic rings. The zero-order chi connectivity index (χ0) is 13.1. The van der Waals surface area contributed by atoms with Gasteiger partial charge in [0.2, 0.25) is 0 Å². The van der Waals surface area contributed by atoms with Gasteiger partial charge in [-0.3, -0.25) is 0 Å². The molecule has 4 heteroatoms. The molecule has 2 nitrogen and oxygen atoms in total. The van der Waals surface area contributed by atoms with Gasteiger partial charge in [-0.05, 0) is 37.3 Å². The number of benzene rings is 1. The van der Waals surface area contributed by atoms with E-state index < -0.39 is 11.6 Å². The number of ether oxygens (including phenoxy) is 1. The predicted molar refractivity (Wildman–Crippen MR) is 66.4 cm³/mol. The Labute approximate surface area is 106 Å². The van der Waals surface area contributed by atoms with Crippen molar-refractivity contribution in [2.75, 3.05) is 0 Å². The summed E-state index contributed by atoms with van der Waals surface area (Å²) >= 11 is 0. The summed E-state index contributed by atoms with van der Waals surface area (Å²) in [5.74, 6) is -0.591. The molecule has 0 radical (unpaired) electrons. The van der Waals surface area contributed by atoms with Crippen molar-refractivity contribution >= 4 is 0 Å². The molecule has 2 N–H and O–H groups in total. The molecule has 1 aliphatic rings. The maximum atomic E-state index is 13.5. The average molecular weight is 255 g/mol. The van der Waals surface area contributed by atoms with Gasteiger partial charge in [0.05, 0.1) is 0 Å². The number of rotatable bonds is 3. The van der Waals surface area contributed by atoms with Crippen molar-refractivity contribution in [3.05, 3.63) is 29.8 Å². The van der Waals surface area contributed by atoms with Crippen molar-refractivity contribution < 1.29 is 13.5 Å². The van der Waals surface area contributed by atoms with Crippen LogP contribution in [0.1, 0.15) is 32.6 Å². The van der Waals surface area contributed by atoms with Crippen LogP contribution in [0, 0.1) is 17.6 Å². The van der Waals surface area contributed by atoms with Crippen LogP contribution < -0.4 is 10.5 Å². The Balaban J connectivity index is 2.07. The van der Waals surface area contributed by atoms with Crippen LogP contribution >= 0.6 is 0 Å². The molecule has 1 aliphatic carbocycles. The van der Waals surface area contributed by atoms with Crippen LogP contribution in [0.15, 0.2) is 18.2 Å². The lowest BCUT2D eigenvalue weighted by molar-refractivity contribution is 0.0969. The Morgan fingerprint density at radius 2 is 2.11 bits per heavy atom. The first kappa shape index (κ1) is 13.3. The van der Waals surface area contributed by atoms with E-state index in [4.69, 9.17) is 10.5 Å². The summed E-state index contributed by atoms with van der Waals surface area (Å²) in [6, 6.07) is 3.29. The quantitative estimate of drug-likeness (QED) is 0.899. The van der Waals surface area contributed by atoms with Crippen molar-refractivity contribution in [1.29, 1.82) is 0 Å². The van der Waals surface area contributed by atoms with E-state index in [-0.39, 0.29) is 17.9 Å². The van der Waals surface area contributed by atoms with Crippen LogP contribution in [-0.4, -0.2) is 12.1 Å². The molecule has 2 rings (SSSR count). The minimum Gasteiger partial charge on any atom is -0.486 e. The SMILES string of the molecule is CCC1CCC(N)C(Oc2ccc(F)cc2F)C1. The maximum Gasteiger partial charge on any atom is 0.167 e. The van der Waals surface area contributed by atoms with E-state index in [2.05, 4.69) is 6.92 Å². The molecule has 18 heavy (non-hydrogen) atoms. The summed E-state index contributed by atoms with van der Waals surface area (Å²) in [4.78, 5) is 0. The fraction of sp³-hybridized carbons (Fsp3) is 0.571. The molecule has 1 aromatic carbocycles. The predicted octanol–water partition coefficient (Wildman–Crippen LogP) is 3.25. The van der Waals surface area contributed by atoms with Gasteiger partial charge in [0.25, 0.3) is 0 Å². The first-order valence-corrected chi connectivity index (χ1v) is 6.47. The van der Waals surface area contributed by atoms with Gasteiger partial charge in [-0.25, -0.2) is 8.78 Å². The molecule has 100 valence electrons. The van der Waals surface area contributed by atoms with E-state index in [9.17, 15) is 8.78 Å². The Hall–Kier alpha value is -1.16. The largest absolute Gasteiger partial charge is 0.486 e. The molecule has 3 atom stereocenters. The third-order valence-electron chi connectivity index (χ3n) is 3.70. The summed E-state index contributed by atoms with van der Waals surface area (Å²) in [7, 11) is 0. The Bertz CT molecular complexity index is 411. The van der Waals surface area contributed by atoms with Crippen molar-refractivity contribution in [1.82, 2.24) is 0 Å². The van der Waals surface area contributed by atoms with E-state index in [0.717, 1.165) is 31.7 Å². The molecule has 0 aliphatic heterocycles. The summed E-state index contributed by atoms with van der Waals surface area (Å²) in [6.45, 7) is 2.14. The Morgan fingerprint density at radius 3 is 2.78 bits per heavy atom. The third kappa shape index (κ3) is 2.99. The first-order valence-electron chi connectivity index (χ1n) is 6.47. The van der Waals surface area contributed by atoms with Gasteiger partial charge in [0.1, 0.15) is 11.9 Å². The van der Waals surface area contributed by atoms with Gasteiger partial charge < -0.3 is 10.5 Å². The van der Waals surface area contributed by atoms with Crippen LogP contribution in [0.2, 0.25) is 0 Å². The molecule has 0 saturated heterocycles. The first-order chi connectivity index (χ1) is 8.60. The number of hydrogen-bond acceptors (Lipinski definition) is 2. The van der Waals surface area contributed by atoms with Crippen molar-refractivity contribution in [3.63, 3.8) is 0 Å². The fourth-order valence-corrected chi connectivity index (χ4v) is 2.48. The van der Waals surface area contributed by atoms with Crippen LogP contribution in [0.25, 0.3) is 0 Å². The second kappa shape index (κ2) is 5.65. The fourth-order valence-electron chi connectivity index (χ4n) is 2.48. The van der Waals surface area contributed by atoms with E-state index >= 15 is 0 Å². The van der Waals surface area contributed by atoms with Crippen molar-refractivity contribution in [2.45, 2.75) is 44.8 Å². The Kier molecular flexibility index (Phi) is 4.17. The van der Waals surface area contributed by atoms with E-state index in [1.165, 1.54) is 12.1 Å². The average Bonchev–Trinajstić information content (AvgIpc) is 2.35. The van der Waals surface area contributed by atoms with E-state index in [1.807, 2.05) is 0 Å². The van der Waals surface area contributed by atoms with Gasteiger partial charge in [-0.2, -0.15) is 0 Å². The van der Waals surface area contributed by atoms with E-state index in [0.29, 0.717) is 5.92 Å². The third-order valence-corrected chi connectivity index (χ3v) is 3.70. The second-order valence-corrected chi connectivity index (χ2v) is 4.98. The van der Waals surface area contributed by atoms with Crippen LogP contribution in [0.3, 0.4) is 0 Å². The molecule has 0 bridgehead atoms. The highest BCUT2D eigenvalue weighted by molar-refractivity contribution is 5.25. The smallest absolute Gasteiger partial charge is 0.167 e. The molecule has 1 fully saturated rings. The lowest BCUT2D eigenvalue weighted by Gasteiger charge is -2.33. The topological polar surface area (TPSA) is 35.2 Å². The minimum atomic E-state index is -0.666.